The second-order valence-corrected chi connectivity index (χ2v) is 4.02. The molecule has 0 aliphatic carbocycles. The van der Waals surface area contributed by atoms with Crippen LogP contribution in [0.25, 0.3) is 0 Å². The van der Waals surface area contributed by atoms with E-state index in [4.69, 9.17) is 0 Å². The molecule has 0 N–H and O–H groups in total. The second-order valence-electron chi connectivity index (χ2n) is 4.02. The van der Waals surface area contributed by atoms with Crippen LogP contribution < -0.4 is 0 Å². The van der Waals surface area contributed by atoms with Crippen LogP contribution in [-0.4, -0.2) is 59.1 Å². The third-order valence-electron chi connectivity index (χ3n) is 2.45. The standard InChI is InChI=1S/2C5H6N6/c2*1-6-3-10(8-1)5-11-4-7-2-9-11/h2*1-4H,5H2. The van der Waals surface area contributed by atoms with E-state index in [9.17, 15) is 0 Å². The van der Waals surface area contributed by atoms with E-state index in [1.54, 1.807) is 44.0 Å². The van der Waals surface area contributed by atoms with Gasteiger partial charge in [0.15, 0.2) is 0 Å². The minimum atomic E-state index is 0.556. The number of aromatic nitrogens is 12. The summed E-state index contributed by atoms with van der Waals surface area (Å²) in [5.74, 6) is 0. The fraction of sp³-hybridized carbons (Fsp3) is 0.200. The summed E-state index contributed by atoms with van der Waals surface area (Å²) in [5.41, 5.74) is 0. The number of rotatable bonds is 4. The highest BCUT2D eigenvalue weighted by atomic mass is 15.4. The van der Waals surface area contributed by atoms with Gasteiger partial charge in [-0.2, -0.15) is 20.4 Å². The summed E-state index contributed by atoms with van der Waals surface area (Å²) < 4.78 is 6.65. The molecule has 0 aromatic carbocycles. The molecule has 0 unspecified atom stereocenters. The van der Waals surface area contributed by atoms with Crippen molar-refractivity contribution in [2.75, 3.05) is 0 Å². The molecule has 4 heterocycles. The lowest BCUT2D eigenvalue weighted by Crippen LogP contribution is -2.08. The highest BCUT2D eigenvalue weighted by Gasteiger charge is 1.92. The van der Waals surface area contributed by atoms with Crippen molar-refractivity contribution in [2.24, 2.45) is 0 Å². The first-order chi connectivity index (χ1) is 10.9. The van der Waals surface area contributed by atoms with Crippen molar-refractivity contribution in [1.82, 2.24) is 59.1 Å². The van der Waals surface area contributed by atoms with Gasteiger partial charge in [0.05, 0.1) is 0 Å². The first-order valence-corrected chi connectivity index (χ1v) is 6.20. The molecule has 0 atom stereocenters. The summed E-state index contributed by atoms with van der Waals surface area (Å²) in [6, 6.07) is 0. The van der Waals surface area contributed by atoms with Crippen LogP contribution in [0.2, 0.25) is 0 Å². The van der Waals surface area contributed by atoms with Crippen LogP contribution in [0, 0.1) is 0 Å². The largest absolute Gasteiger partial charge is 0.231 e. The lowest BCUT2D eigenvalue weighted by Gasteiger charge is -1.97. The highest BCUT2D eigenvalue weighted by Crippen LogP contribution is 1.83. The van der Waals surface area contributed by atoms with Gasteiger partial charge in [0.1, 0.15) is 64.0 Å². The number of hydrogen-bond donors (Lipinski definition) is 0. The molecule has 4 aromatic rings. The van der Waals surface area contributed by atoms with Crippen molar-refractivity contribution in [3.63, 3.8) is 0 Å². The van der Waals surface area contributed by atoms with Crippen molar-refractivity contribution < 1.29 is 0 Å². The molecule has 0 fully saturated rings. The first-order valence-electron chi connectivity index (χ1n) is 6.20. The minimum Gasteiger partial charge on any atom is -0.231 e. The molecule has 0 radical (unpaired) electrons. The molecule has 12 nitrogen and oxygen atoms in total. The average molecular weight is 300 g/mol. The molecule has 4 aromatic heterocycles. The van der Waals surface area contributed by atoms with Crippen molar-refractivity contribution in [3.8, 4) is 0 Å². The van der Waals surface area contributed by atoms with Crippen LogP contribution in [0.3, 0.4) is 0 Å². The molecular weight excluding hydrogens is 288 g/mol. The molecule has 0 saturated heterocycles. The van der Waals surface area contributed by atoms with E-state index in [-0.39, 0.29) is 0 Å². The Balaban J connectivity index is 0.000000131. The molecular formula is C10H12N12. The average Bonchev–Trinajstić information content (AvgIpc) is 3.31. The molecule has 0 aliphatic rings. The minimum absolute atomic E-state index is 0.556. The van der Waals surface area contributed by atoms with Crippen molar-refractivity contribution in [3.05, 3.63) is 50.6 Å². The Labute approximate surface area is 124 Å². The number of nitrogens with zero attached hydrogens (tertiary/aromatic N) is 12. The van der Waals surface area contributed by atoms with Crippen LogP contribution in [0.15, 0.2) is 50.6 Å². The van der Waals surface area contributed by atoms with E-state index in [0.717, 1.165) is 0 Å². The summed E-state index contributed by atoms with van der Waals surface area (Å²) in [4.78, 5) is 15.2. The lowest BCUT2D eigenvalue weighted by molar-refractivity contribution is 0.500. The van der Waals surface area contributed by atoms with Gasteiger partial charge in [-0.25, -0.2) is 38.7 Å². The quantitative estimate of drug-likeness (QED) is 0.458. The third kappa shape index (κ3) is 3.78. The zero-order valence-corrected chi connectivity index (χ0v) is 11.4. The zero-order valence-electron chi connectivity index (χ0n) is 11.4. The Hall–Kier alpha value is -3.44. The Morgan fingerprint density at radius 2 is 0.727 bits per heavy atom. The van der Waals surface area contributed by atoms with E-state index >= 15 is 0 Å². The Kier molecular flexibility index (Phi) is 4.20. The summed E-state index contributed by atoms with van der Waals surface area (Å²) in [6.07, 6.45) is 12.4. The summed E-state index contributed by atoms with van der Waals surface area (Å²) in [6.45, 7) is 1.11. The maximum atomic E-state index is 3.91. The fourth-order valence-electron chi connectivity index (χ4n) is 1.52. The molecule has 12 heteroatoms. The van der Waals surface area contributed by atoms with Gasteiger partial charge in [-0.3, -0.25) is 0 Å². The highest BCUT2D eigenvalue weighted by molar-refractivity contribution is 4.60. The van der Waals surface area contributed by atoms with Gasteiger partial charge < -0.3 is 0 Å². The van der Waals surface area contributed by atoms with Gasteiger partial charge >= 0.3 is 0 Å². The monoisotopic (exact) mass is 300 g/mol. The van der Waals surface area contributed by atoms with E-state index in [2.05, 4.69) is 40.3 Å². The van der Waals surface area contributed by atoms with Crippen LogP contribution in [-0.2, 0) is 13.3 Å². The van der Waals surface area contributed by atoms with Crippen LogP contribution in [0.5, 0.6) is 0 Å². The molecule has 0 saturated carbocycles. The van der Waals surface area contributed by atoms with Crippen molar-refractivity contribution in [2.45, 2.75) is 13.3 Å². The molecule has 22 heavy (non-hydrogen) atoms. The maximum absolute atomic E-state index is 3.91. The van der Waals surface area contributed by atoms with Gasteiger partial charge in [-0.1, -0.05) is 0 Å². The van der Waals surface area contributed by atoms with Gasteiger partial charge in [0.2, 0.25) is 0 Å². The van der Waals surface area contributed by atoms with Crippen molar-refractivity contribution in [1.29, 1.82) is 0 Å². The molecule has 0 spiro atoms. The van der Waals surface area contributed by atoms with E-state index in [1.165, 1.54) is 25.3 Å². The summed E-state index contributed by atoms with van der Waals surface area (Å²) in [7, 11) is 0. The van der Waals surface area contributed by atoms with Crippen molar-refractivity contribution >= 4 is 0 Å². The number of hydrogen-bond acceptors (Lipinski definition) is 8. The molecule has 0 amide bonds. The van der Waals surface area contributed by atoms with Gasteiger partial charge in [-0.05, 0) is 0 Å². The van der Waals surface area contributed by atoms with Crippen LogP contribution in [0.4, 0.5) is 0 Å². The van der Waals surface area contributed by atoms with Gasteiger partial charge in [-0.15, -0.1) is 0 Å². The zero-order chi connectivity index (χ0) is 15.0. The predicted octanol–water partition coefficient (Wildman–Crippen LogP) is -1.25. The smallest absolute Gasteiger partial charge is 0.137 e. The normalized spacial score (nSPS) is 10.2. The Bertz CT molecular complexity index is 593. The van der Waals surface area contributed by atoms with Gasteiger partial charge in [0, 0.05) is 0 Å². The third-order valence-corrected chi connectivity index (χ3v) is 2.45. The van der Waals surface area contributed by atoms with Crippen LogP contribution in [0.1, 0.15) is 0 Å². The topological polar surface area (TPSA) is 123 Å². The van der Waals surface area contributed by atoms with E-state index < -0.39 is 0 Å². The molecule has 0 aliphatic heterocycles. The summed E-state index contributed by atoms with van der Waals surface area (Å²) in [5, 5.41) is 15.6. The molecule has 4 rings (SSSR count). The molecule has 0 bridgehead atoms. The maximum Gasteiger partial charge on any atom is 0.137 e. The Morgan fingerprint density at radius 1 is 0.455 bits per heavy atom. The predicted molar refractivity (Wildman–Crippen MR) is 70.9 cm³/mol. The summed E-state index contributed by atoms with van der Waals surface area (Å²) >= 11 is 0. The van der Waals surface area contributed by atoms with Crippen LogP contribution >= 0.6 is 0 Å². The second kappa shape index (κ2) is 6.83. The SMILES string of the molecule is c1ncn(Cn2cncn2)n1.c1ncn(Cn2cncn2)n1. The fourth-order valence-corrected chi connectivity index (χ4v) is 1.52. The first kappa shape index (κ1) is 13.5. The Morgan fingerprint density at radius 3 is 0.909 bits per heavy atom. The van der Waals surface area contributed by atoms with E-state index in [0.29, 0.717) is 13.3 Å². The van der Waals surface area contributed by atoms with E-state index in [1.807, 2.05) is 0 Å². The lowest BCUT2D eigenvalue weighted by atomic mass is 11.0. The van der Waals surface area contributed by atoms with Gasteiger partial charge in [0.25, 0.3) is 0 Å². The molecule has 112 valence electrons.